The van der Waals surface area contributed by atoms with E-state index in [-0.39, 0.29) is 35.9 Å². The van der Waals surface area contributed by atoms with E-state index in [2.05, 4.69) is 48.3 Å². The van der Waals surface area contributed by atoms with Gasteiger partial charge in [0, 0.05) is 39.8 Å². The Bertz CT molecular complexity index is 690. The highest BCUT2D eigenvalue weighted by Crippen LogP contribution is 2.23. The number of hydrogen-bond donors (Lipinski definition) is 1. The van der Waals surface area contributed by atoms with Gasteiger partial charge in [-0.05, 0) is 33.3 Å². The first-order valence-corrected chi connectivity index (χ1v) is 11.2. The number of aryl methyl sites for hydroxylation is 1. The molecule has 1 saturated heterocycles. The van der Waals surface area contributed by atoms with E-state index in [1.165, 1.54) is 11.1 Å². The molecule has 0 aromatic heterocycles. The zero-order valence-corrected chi connectivity index (χ0v) is 22.1. The summed E-state index contributed by atoms with van der Waals surface area (Å²) in [5.41, 5.74) is 2.53. The van der Waals surface area contributed by atoms with Crippen LogP contribution in [0.25, 0.3) is 0 Å². The molecule has 1 N–H and O–H groups in total. The molecule has 1 atom stereocenters. The molecule has 1 amide bonds. The van der Waals surface area contributed by atoms with Gasteiger partial charge in [-0.15, -0.1) is 24.0 Å². The molecular weight excluding hydrogens is 505 g/mol. The fourth-order valence-electron chi connectivity index (χ4n) is 3.79. The van der Waals surface area contributed by atoms with Gasteiger partial charge >= 0.3 is 0 Å². The number of halogens is 1. The first-order chi connectivity index (χ1) is 14.5. The molecule has 2 rings (SSSR count). The van der Waals surface area contributed by atoms with E-state index in [0.29, 0.717) is 13.1 Å². The molecule has 1 aliphatic heterocycles. The summed E-state index contributed by atoms with van der Waals surface area (Å²) in [7, 11) is 1.93. The van der Waals surface area contributed by atoms with Crippen molar-refractivity contribution in [2.45, 2.75) is 33.7 Å². The fraction of sp³-hybridized carbons (Fsp3) is 0.652. The topological polar surface area (TPSA) is 60.4 Å². The molecule has 1 heterocycles. The largest absolute Gasteiger partial charge is 0.379 e. The van der Waals surface area contributed by atoms with Crippen molar-refractivity contribution in [3.8, 4) is 0 Å². The van der Waals surface area contributed by atoms with Crippen molar-refractivity contribution in [2.75, 3.05) is 66.1 Å². The standard InChI is InChI=1S/C23H39N5O2.HI/c1-6-24-23(26(5)18-22(29)27(7-2)8-3)25-17-21(28-12-14-30-15-13-28)20-11-9-10-19(4)16-20;/h9-11,16,21H,6-8,12-15,17-18H2,1-5H3,(H,24,25);1H. The van der Waals surface area contributed by atoms with Crippen molar-refractivity contribution < 1.29 is 9.53 Å². The fourth-order valence-corrected chi connectivity index (χ4v) is 3.79. The molecule has 1 aliphatic rings. The number of morpholine rings is 1. The summed E-state index contributed by atoms with van der Waals surface area (Å²) in [5.74, 6) is 0.889. The lowest BCUT2D eigenvalue weighted by Gasteiger charge is -2.34. The summed E-state index contributed by atoms with van der Waals surface area (Å²) >= 11 is 0. The van der Waals surface area contributed by atoms with Crippen LogP contribution in [0.3, 0.4) is 0 Å². The second-order valence-electron chi connectivity index (χ2n) is 7.69. The summed E-state index contributed by atoms with van der Waals surface area (Å²) < 4.78 is 5.56. The van der Waals surface area contributed by atoms with E-state index in [4.69, 9.17) is 9.73 Å². The third kappa shape index (κ3) is 8.57. The number of carbonyl (C=O) groups excluding carboxylic acids is 1. The van der Waals surface area contributed by atoms with Crippen LogP contribution in [-0.4, -0.2) is 92.6 Å². The molecule has 8 heteroatoms. The molecule has 176 valence electrons. The summed E-state index contributed by atoms with van der Waals surface area (Å²) in [6.07, 6.45) is 0. The van der Waals surface area contributed by atoms with Gasteiger partial charge in [-0.1, -0.05) is 29.8 Å². The lowest BCUT2D eigenvalue weighted by atomic mass is 10.0. The molecule has 1 fully saturated rings. The Morgan fingerprint density at radius 3 is 2.48 bits per heavy atom. The van der Waals surface area contributed by atoms with Gasteiger partial charge < -0.3 is 19.9 Å². The average Bonchev–Trinajstić information content (AvgIpc) is 2.74. The number of likely N-dealkylation sites (N-methyl/N-ethyl adjacent to an activating group) is 2. The number of amides is 1. The van der Waals surface area contributed by atoms with Gasteiger partial charge in [0.15, 0.2) is 5.96 Å². The highest BCUT2D eigenvalue weighted by molar-refractivity contribution is 14.0. The van der Waals surface area contributed by atoms with Gasteiger partial charge in [-0.2, -0.15) is 0 Å². The maximum atomic E-state index is 12.5. The van der Waals surface area contributed by atoms with Gasteiger partial charge in [-0.25, -0.2) is 0 Å². The molecule has 0 spiro atoms. The first kappa shape index (κ1) is 27.6. The van der Waals surface area contributed by atoms with Crippen LogP contribution in [0.1, 0.15) is 37.9 Å². The van der Waals surface area contributed by atoms with Gasteiger partial charge in [0.25, 0.3) is 0 Å². The van der Waals surface area contributed by atoms with Crippen LogP contribution in [0.4, 0.5) is 0 Å². The normalized spacial score (nSPS) is 15.7. The van der Waals surface area contributed by atoms with Crippen molar-refractivity contribution in [1.29, 1.82) is 0 Å². The number of ether oxygens (including phenoxy) is 1. The zero-order valence-electron chi connectivity index (χ0n) is 19.8. The van der Waals surface area contributed by atoms with Crippen LogP contribution in [0, 0.1) is 6.92 Å². The summed E-state index contributed by atoms with van der Waals surface area (Å²) in [5, 5.41) is 3.35. The number of benzene rings is 1. The van der Waals surface area contributed by atoms with Crippen molar-refractivity contribution in [3.05, 3.63) is 35.4 Å². The lowest BCUT2D eigenvalue weighted by Crippen LogP contribution is -2.46. The predicted molar refractivity (Wildman–Crippen MR) is 138 cm³/mol. The number of guanidine groups is 1. The third-order valence-corrected chi connectivity index (χ3v) is 5.51. The van der Waals surface area contributed by atoms with E-state index in [1.807, 2.05) is 30.7 Å². The Morgan fingerprint density at radius 2 is 1.90 bits per heavy atom. The number of nitrogens with zero attached hydrogens (tertiary/aromatic N) is 4. The van der Waals surface area contributed by atoms with Crippen LogP contribution >= 0.6 is 24.0 Å². The van der Waals surface area contributed by atoms with Crippen LogP contribution in [0.2, 0.25) is 0 Å². The molecule has 0 bridgehead atoms. The van der Waals surface area contributed by atoms with E-state index < -0.39 is 0 Å². The maximum absolute atomic E-state index is 12.5. The third-order valence-electron chi connectivity index (χ3n) is 5.51. The van der Waals surface area contributed by atoms with Gasteiger partial charge in [0.2, 0.25) is 5.91 Å². The van der Waals surface area contributed by atoms with E-state index in [9.17, 15) is 4.79 Å². The lowest BCUT2D eigenvalue weighted by molar-refractivity contribution is -0.131. The Balaban J connectivity index is 0.00000480. The minimum absolute atomic E-state index is 0. The summed E-state index contributed by atoms with van der Waals surface area (Å²) in [6, 6.07) is 8.86. The van der Waals surface area contributed by atoms with Gasteiger partial charge in [-0.3, -0.25) is 14.7 Å². The van der Waals surface area contributed by atoms with E-state index in [0.717, 1.165) is 51.9 Å². The van der Waals surface area contributed by atoms with E-state index >= 15 is 0 Å². The molecule has 0 saturated carbocycles. The van der Waals surface area contributed by atoms with Crippen LogP contribution in [-0.2, 0) is 9.53 Å². The molecule has 0 aliphatic carbocycles. The molecule has 1 unspecified atom stereocenters. The van der Waals surface area contributed by atoms with Crippen molar-refractivity contribution in [2.24, 2.45) is 4.99 Å². The Hall–Kier alpha value is -1.39. The number of rotatable bonds is 9. The minimum Gasteiger partial charge on any atom is -0.379 e. The first-order valence-electron chi connectivity index (χ1n) is 11.2. The van der Waals surface area contributed by atoms with Crippen LogP contribution in [0.5, 0.6) is 0 Å². The van der Waals surface area contributed by atoms with Crippen molar-refractivity contribution >= 4 is 35.8 Å². The highest BCUT2D eigenvalue weighted by atomic mass is 127. The number of hydrogen-bond acceptors (Lipinski definition) is 4. The highest BCUT2D eigenvalue weighted by Gasteiger charge is 2.23. The zero-order chi connectivity index (χ0) is 21.9. The average molecular weight is 546 g/mol. The van der Waals surface area contributed by atoms with Crippen molar-refractivity contribution in [1.82, 2.24) is 20.0 Å². The quantitative estimate of drug-likeness (QED) is 0.294. The summed E-state index contributed by atoms with van der Waals surface area (Å²) in [6.45, 7) is 14.7. The Kier molecular flexibility index (Phi) is 13.0. The minimum atomic E-state index is 0. The van der Waals surface area contributed by atoms with Crippen molar-refractivity contribution in [3.63, 3.8) is 0 Å². The van der Waals surface area contributed by atoms with Crippen LogP contribution < -0.4 is 5.32 Å². The van der Waals surface area contributed by atoms with E-state index in [1.54, 1.807) is 0 Å². The second-order valence-corrected chi connectivity index (χ2v) is 7.69. The SMILES string of the molecule is CCNC(=NCC(c1cccc(C)c1)N1CCOCC1)N(C)CC(=O)N(CC)CC.I. The monoisotopic (exact) mass is 545 g/mol. The number of nitrogens with one attached hydrogen (secondary N) is 1. The van der Waals surface area contributed by atoms with Crippen LogP contribution in [0.15, 0.2) is 29.3 Å². The number of aliphatic imine (C=N–C) groups is 1. The molecule has 31 heavy (non-hydrogen) atoms. The molecule has 1 aromatic rings. The number of carbonyl (C=O) groups is 1. The van der Waals surface area contributed by atoms with Gasteiger partial charge in [0.1, 0.15) is 0 Å². The predicted octanol–water partition coefficient (Wildman–Crippen LogP) is 2.75. The molecular formula is C23H40IN5O2. The molecule has 7 nitrogen and oxygen atoms in total. The Labute approximate surface area is 205 Å². The second kappa shape index (κ2) is 14.6. The summed E-state index contributed by atoms with van der Waals surface area (Å²) in [4.78, 5) is 23.7. The smallest absolute Gasteiger partial charge is 0.242 e. The van der Waals surface area contributed by atoms with Gasteiger partial charge in [0.05, 0.1) is 32.3 Å². The molecule has 1 aromatic carbocycles. The maximum Gasteiger partial charge on any atom is 0.242 e. The Morgan fingerprint density at radius 1 is 1.23 bits per heavy atom. The molecule has 0 radical (unpaired) electrons.